The summed E-state index contributed by atoms with van der Waals surface area (Å²) in [6.07, 6.45) is 3.82. The molecule has 1 aliphatic carbocycles. The van der Waals surface area contributed by atoms with Gasteiger partial charge in [0.05, 0.1) is 16.8 Å². The first-order valence-electron chi connectivity index (χ1n) is 9.52. The average molecular weight is 402 g/mol. The minimum absolute atomic E-state index is 0.113. The second kappa shape index (κ2) is 7.54. The highest BCUT2D eigenvalue weighted by Gasteiger charge is 2.36. The SMILES string of the molecule is CCN1C(=O)/C(=C(/C#N)C(=O)Nc2sc3c(c2C#N)CCCC3)c2ccccc21. The molecule has 0 spiro atoms. The summed E-state index contributed by atoms with van der Waals surface area (Å²) in [4.78, 5) is 28.6. The molecule has 0 saturated heterocycles. The number of amides is 2. The van der Waals surface area contributed by atoms with Gasteiger partial charge in [-0.2, -0.15) is 10.5 Å². The first kappa shape index (κ1) is 18.9. The Labute approximate surface area is 172 Å². The Kier molecular flexibility index (Phi) is 4.92. The van der Waals surface area contributed by atoms with Gasteiger partial charge in [0.15, 0.2) is 0 Å². The van der Waals surface area contributed by atoms with Crippen LogP contribution in [0, 0.1) is 22.7 Å². The van der Waals surface area contributed by atoms with Crippen molar-refractivity contribution >= 4 is 39.4 Å². The summed E-state index contributed by atoms with van der Waals surface area (Å²) in [5.41, 5.74) is 2.64. The van der Waals surface area contributed by atoms with E-state index in [1.807, 2.05) is 19.1 Å². The molecule has 7 heteroatoms. The highest BCUT2D eigenvalue weighted by Crippen LogP contribution is 2.40. The summed E-state index contributed by atoms with van der Waals surface area (Å²) in [6, 6.07) is 11.3. The molecule has 29 heavy (non-hydrogen) atoms. The molecular formula is C22H18N4O2S. The maximum atomic E-state index is 13.0. The average Bonchev–Trinajstić information content (AvgIpc) is 3.22. The number of carbonyl (C=O) groups excluding carboxylic acids is 2. The molecule has 6 nitrogen and oxygen atoms in total. The summed E-state index contributed by atoms with van der Waals surface area (Å²) in [6.45, 7) is 2.29. The van der Waals surface area contributed by atoms with Gasteiger partial charge in [-0.1, -0.05) is 18.2 Å². The van der Waals surface area contributed by atoms with Gasteiger partial charge in [0, 0.05) is 17.0 Å². The van der Waals surface area contributed by atoms with Gasteiger partial charge >= 0.3 is 0 Å². The topological polar surface area (TPSA) is 97.0 Å². The Hall–Kier alpha value is -3.42. The molecular weight excluding hydrogens is 384 g/mol. The van der Waals surface area contributed by atoms with Crippen molar-refractivity contribution in [2.24, 2.45) is 0 Å². The van der Waals surface area contributed by atoms with E-state index in [1.54, 1.807) is 23.1 Å². The van der Waals surface area contributed by atoms with Crippen molar-refractivity contribution in [3.8, 4) is 12.1 Å². The minimum atomic E-state index is -0.654. The molecule has 1 aromatic carbocycles. The van der Waals surface area contributed by atoms with Crippen molar-refractivity contribution in [2.45, 2.75) is 32.6 Å². The summed E-state index contributed by atoms with van der Waals surface area (Å²) in [7, 11) is 0. The molecule has 0 saturated carbocycles. The van der Waals surface area contributed by atoms with Crippen LogP contribution in [0.4, 0.5) is 10.7 Å². The van der Waals surface area contributed by atoms with Gasteiger partial charge in [0.1, 0.15) is 22.7 Å². The number of nitriles is 2. The zero-order chi connectivity index (χ0) is 20.5. The number of carbonyl (C=O) groups is 2. The number of fused-ring (bicyclic) bond motifs is 2. The first-order chi connectivity index (χ1) is 14.1. The van der Waals surface area contributed by atoms with Crippen molar-refractivity contribution in [1.29, 1.82) is 10.5 Å². The van der Waals surface area contributed by atoms with Crippen LogP contribution in [0.15, 0.2) is 29.8 Å². The molecule has 2 amide bonds. The summed E-state index contributed by atoms with van der Waals surface area (Å²) < 4.78 is 0. The lowest BCUT2D eigenvalue weighted by atomic mass is 9.96. The van der Waals surface area contributed by atoms with Gasteiger partial charge in [-0.05, 0) is 44.2 Å². The fourth-order valence-corrected chi connectivity index (χ4v) is 5.23. The molecule has 4 rings (SSSR count). The van der Waals surface area contributed by atoms with Gasteiger partial charge in [0.2, 0.25) is 0 Å². The van der Waals surface area contributed by atoms with Crippen LogP contribution in [0.2, 0.25) is 0 Å². The number of anilines is 2. The number of benzene rings is 1. The van der Waals surface area contributed by atoms with E-state index in [4.69, 9.17) is 0 Å². The van der Waals surface area contributed by atoms with Crippen LogP contribution in [-0.4, -0.2) is 18.4 Å². The van der Waals surface area contributed by atoms with E-state index in [0.717, 1.165) is 36.1 Å². The Bertz CT molecular complexity index is 1150. The molecule has 144 valence electrons. The predicted octanol–water partition coefficient (Wildman–Crippen LogP) is 3.78. The number of likely N-dealkylation sites (N-methyl/N-ethyl adjacent to an activating group) is 1. The number of nitrogens with one attached hydrogen (secondary N) is 1. The summed E-state index contributed by atoms with van der Waals surface area (Å²) in [5, 5.41) is 22.5. The summed E-state index contributed by atoms with van der Waals surface area (Å²) >= 11 is 1.39. The highest BCUT2D eigenvalue weighted by molar-refractivity contribution is 7.16. The molecule has 0 radical (unpaired) electrons. The van der Waals surface area contributed by atoms with Gasteiger partial charge in [0.25, 0.3) is 11.8 Å². The van der Waals surface area contributed by atoms with E-state index in [-0.39, 0.29) is 17.1 Å². The van der Waals surface area contributed by atoms with Gasteiger partial charge < -0.3 is 10.2 Å². The quantitative estimate of drug-likeness (QED) is 0.624. The van der Waals surface area contributed by atoms with Gasteiger partial charge in [-0.3, -0.25) is 9.59 Å². The Morgan fingerprint density at radius 1 is 1.24 bits per heavy atom. The van der Waals surface area contributed by atoms with Crippen LogP contribution >= 0.6 is 11.3 Å². The highest BCUT2D eigenvalue weighted by atomic mass is 32.1. The smallest absolute Gasteiger partial charge is 0.267 e. The second-order valence-corrected chi connectivity index (χ2v) is 8.01. The standard InChI is InChI=1S/C22H18N4O2S/c1-2-26-17-9-5-3-8-14(17)19(22(26)28)16(12-24)20(27)25-21-15(11-23)13-7-4-6-10-18(13)29-21/h3,5,8-9H,2,4,6-7,10H2,1H3,(H,25,27)/b19-16-. The number of hydrogen-bond acceptors (Lipinski definition) is 5. The van der Waals surface area contributed by atoms with Crippen molar-refractivity contribution in [1.82, 2.24) is 0 Å². The lowest BCUT2D eigenvalue weighted by molar-refractivity contribution is -0.114. The molecule has 2 aliphatic rings. The molecule has 2 heterocycles. The second-order valence-electron chi connectivity index (χ2n) is 6.91. The van der Waals surface area contributed by atoms with E-state index in [9.17, 15) is 20.1 Å². The van der Waals surface area contributed by atoms with Crippen molar-refractivity contribution in [3.05, 3.63) is 51.4 Å². The first-order valence-corrected chi connectivity index (χ1v) is 10.3. The van der Waals surface area contributed by atoms with Gasteiger partial charge in [-0.15, -0.1) is 11.3 Å². The molecule has 0 atom stereocenters. The van der Waals surface area contributed by atoms with Crippen molar-refractivity contribution in [3.63, 3.8) is 0 Å². The van der Waals surface area contributed by atoms with Gasteiger partial charge in [-0.25, -0.2) is 0 Å². The van der Waals surface area contributed by atoms with E-state index >= 15 is 0 Å². The number of para-hydroxylation sites is 1. The van der Waals surface area contributed by atoms with E-state index in [2.05, 4.69) is 11.4 Å². The predicted molar refractivity (Wildman–Crippen MR) is 111 cm³/mol. The maximum absolute atomic E-state index is 13.0. The molecule has 2 aromatic rings. The molecule has 0 bridgehead atoms. The fourth-order valence-electron chi connectivity index (χ4n) is 3.99. The van der Waals surface area contributed by atoms with Crippen LogP contribution in [0.5, 0.6) is 0 Å². The Balaban J connectivity index is 1.76. The Morgan fingerprint density at radius 3 is 2.72 bits per heavy atom. The molecule has 1 N–H and O–H groups in total. The van der Waals surface area contributed by atoms with Crippen LogP contribution in [-0.2, 0) is 22.4 Å². The normalized spacial score (nSPS) is 16.5. The van der Waals surface area contributed by atoms with Crippen LogP contribution in [0.25, 0.3) is 5.57 Å². The summed E-state index contributed by atoms with van der Waals surface area (Å²) in [5.74, 6) is -1.01. The minimum Gasteiger partial charge on any atom is -0.312 e. The third-order valence-electron chi connectivity index (χ3n) is 5.34. The zero-order valence-corrected chi connectivity index (χ0v) is 16.7. The number of nitrogens with zero attached hydrogens (tertiary/aromatic N) is 3. The van der Waals surface area contributed by atoms with E-state index in [0.29, 0.717) is 28.4 Å². The van der Waals surface area contributed by atoms with E-state index in [1.165, 1.54) is 11.3 Å². The van der Waals surface area contributed by atoms with Crippen LogP contribution in [0.1, 0.15) is 41.3 Å². The molecule has 1 aliphatic heterocycles. The fraction of sp³-hybridized carbons (Fsp3) is 0.273. The molecule has 1 aromatic heterocycles. The maximum Gasteiger partial charge on any atom is 0.267 e. The number of hydrogen-bond donors (Lipinski definition) is 1. The molecule has 0 unspecified atom stereocenters. The lowest BCUT2D eigenvalue weighted by Crippen LogP contribution is -2.27. The zero-order valence-electron chi connectivity index (χ0n) is 15.9. The monoisotopic (exact) mass is 402 g/mol. The lowest BCUT2D eigenvalue weighted by Gasteiger charge is -2.13. The third-order valence-corrected chi connectivity index (χ3v) is 6.55. The van der Waals surface area contributed by atoms with Crippen molar-refractivity contribution in [2.75, 3.05) is 16.8 Å². The third kappa shape index (κ3) is 3.00. The van der Waals surface area contributed by atoms with Crippen LogP contribution in [0.3, 0.4) is 0 Å². The number of thiophene rings is 1. The Morgan fingerprint density at radius 2 is 2.00 bits per heavy atom. The number of rotatable bonds is 3. The largest absolute Gasteiger partial charge is 0.312 e. The number of aryl methyl sites for hydroxylation is 1. The van der Waals surface area contributed by atoms with Crippen LogP contribution < -0.4 is 10.2 Å². The van der Waals surface area contributed by atoms with Crippen molar-refractivity contribution < 1.29 is 9.59 Å². The van der Waals surface area contributed by atoms with E-state index < -0.39 is 5.91 Å². The molecule has 0 fully saturated rings.